The molecule has 3 nitrogen and oxygen atoms in total. The molecule has 2 rings (SSSR count). The molecule has 0 radical (unpaired) electrons. The van der Waals surface area contributed by atoms with Crippen molar-refractivity contribution >= 4 is 20.9 Å². The van der Waals surface area contributed by atoms with E-state index in [1.807, 2.05) is 12.1 Å². The largest absolute Gasteiger partial charge is 1.00 e. The van der Waals surface area contributed by atoms with Gasteiger partial charge < -0.3 is 4.55 Å². The first-order valence-electron chi connectivity index (χ1n) is 9.97. The van der Waals surface area contributed by atoms with Crippen LogP contribution in [0.5, 0.6) is 0 Å². The predicted molar refractivity (Wildman–Crippen MR) is 108 cm³/mol. The quantitative estimate of drug-likeness (QED) is 0.332. The van der Waals surface area contributed by atoms with Gasteiger partial charge in [0, 0.05) is 0 Å². The second kappa shape index (κ2) is 12.2. The van der Waals surface area contributed by atoms with Crippen molar-refractivity contribution in [3.05, 3.63) is 41.5 Å². The topological polar surface area (TPSA) is 57.2 Å². The molecule has 0 aliphatic heterocycles. The molecule has 0 aromatic heterocycles. The maximum absolute atomic E-state index is 11.6. The summed E-state index contributed by atoms with van der Waals surface area (Å²) >= 11 is 0. The van der Waals surface area contributed by atoms with Gasteiger partial charge in [-0.05, 0) is 59.7 Å². The van der Waals surface area contributed by atoms with Crippen LogP contribution in [0.15, 0.2) is 35.2 Å². The van der Waals surface area contributed by atoms with E-state index in [0.717, 1.165) is 31.1 Å². The Kier molecular flexibility index (Phi) is 11.2. The summed E-state index contributed by atoms with van der Waals surface area (Å²) in [5, 5.41) is 1.43. The fourth-order valence-electron chi connectivity index (χ4n) is 3.56. The van der Waals surface area contributed by atoms with Crippen molar-refractivity contribution in [3.8, 4) is 0 Å². The van der Waals surface area contributed by atoms with Gasteiger partial charge in [-0.15, -0.1) is 0 Å². The summed E-state index contributed by atoms with van der Waals surface area (Å²) in [6.45, 7) is 4.40. The van der Waals surface area contributed by atoms with E-state index in [2.05, 4.69) is 19.9 Å². The molecule has 27 heavy (non-hydrogen) atoms. The van der Waals surface area contributed by atoms with Crippen LogP contribution in [0.4, 0.5) is 0 Å². The van der Waals surface area contributed by atoms with Crippen molar-refractivity contribution in [1.82, 2.24) is 0 Å². The molecule has 0 aliphatic carbocycles. The Morgan fingerprint density at radius 1 is 0.815 bits per heavy atom. The van der Waals surface area contributed by atoms with E-state index in [4.69, 9.17) is 0 Å². The summed E-state index contributed by atoms with van der Waals surface area (Å²) in [7, 11) is -4.46. The molecular weight excluding hydrogens is 367 g/mol. The van der Waals surface area contributed by atoms with Gasteiger partial charge in [-0.3, -0.25) is 0 Å². The summed E-state index contributed by atoms with van der Waals surface area (Å²) in [6.07, 6.45) is 11.5. The molecule has 0 saturated heterocycles. The molecule has 0 N–H and O–H groups in total. The van der Waals surface area contributed by atoms with Crippen LogP contribution in [0.2, 0.25) is 0 Å². The molecule has 2 aromatic carbocycles. The molecule has 0 spiro atoms. The smallest absolute Gasteiger partial charge is 0.744 e. The molecule has 0 aliphatic rings. The van der Waals surface area contributed by atoms with Crippen LogP contribution < -0.4 is 29.6 Å². The van der Waals surface area contributed by atoms with Gasteiger partial charge in [-0.2, -0.15) is 0 Å². The van der Waals surface area contributed by atoms with Crippen molar-refractivity contribution in [2.24, 2.45) is 0 Å². The molecule has 0 atom stereocenters. The zero-order valence-electron chi connectivity index (χ0n) is 17.1. The van der Waals surface area contributed by atoms with Gasteiger partial charge in [0.05, 0.1) is 4.90 Å². The number of hydrogen-bond donors (Lipinski definition) is 0. The normalized spacial score (nSPS) is 11.5. The summed E-state index contributed by atoms with van der Waals surface area (Å²) < 4.78 is 34.9. The minimum atomic E-state index is -4.46. The number of unbranched alkanes of at least 4 members (excludes halogenated alkanes) is 6. The summed E-state index contributed by atoms with van der Waals surface area (Å²) in [6, 6.07) is 9.05. The summed E-state index contributed by atoms with van der Waals surface area (Å²) in [5.74, 6) is 0. The molecule has 0 saturated carbocycles. The molecular formula is C22H31NaO3S. The third-order valence-corrected chi connectivity index (χ3v) is 5.92. The van der Waals surface area contributed by atoms with Crippen molar-refractivity contribution in [2.75, 3.05) is 0 Å². The van der Waals surface area contributed by atoms with Gasteiger partial charge in [0.2, 0.25) is 0 Å². The second-order valence-electron chi connectivity index (χ2n) is 7.17. The van der Waals surface area contributed by atoms with E-state index in [0.29, 0.717) is 5.39 Å². The minimum Gasteiger partial charge on any atom is -0.744 e. The first-order valence-corrected chi connectivity index (χ1v) is 11.4. The standard InChI is InChI=1S/C22H32O3S.Na/c1-3-5-7-9-12-18-16-20-14-11-15-22(26(23,24)25)21(20)17-19(18)13-10-8-6-4-2;/h11,14-17H,3-10,12-13H2,1-2H3,(H,23,24,25);/q;+1/p-1. The Bertz CT molecular complexity index is 816. The SMILES string of the molecule is CCCCCCc1cc2cccc(S(=O)(=O)[O-])c2cc1CCCCCC.[Na+]. The van der Waals surface area contributed by atoms with Gasteiger partial charge in [0.15, 0.2) is 0 Å². The molecule has 0 heterocycles. The number of fused-ring (bicyclic) bond motifs is 1. The number of benzene rings is 2. The third-order valence-electron chi connectivity index (χ3n) is 5.03. The zero-order chi connectivity index (χ0) is 19.0. The minimum absolute atomic E-state index is 0. The van der Waals surface area contributed by atoms with Crippen LogP contribution in [0, 0.1) is 0 Å². The first kappa shape index (κ1) is 24.6. The molecule has 144 valence electrons. The summed E-state index contributed by atoms with van der Waals surface area (Å²) in [5.41, 5.74) is 2.52. The van der Waals surface area contributed by atoms with E-state index >= 15 is 0 Å². The number of rotatable bonds is 11. The average molecular weight is 399 g/mol. The third kappa shape index (κ3) is 7.51. The number of hydrogen-bond acceptors (Lipinski definition) is 3. The van der Waals surface area contributed by atoms with Crippen molar-refractivity contribution < 1.29 is 42.5 Å². The van der Waals surface area contributed by atoms with Gasteiger partial charge in [0.1, 0.15) is 10.1 Å². The molecule has 0 bridgehead atoms. The average Bonchev–Trinajstić information content (AvgIpc) is 2.61. The molecule has 0 amide bonds. The van der Waals surface area contributed by atoms with Gasteiger partial charge in [-0.25, -0.2) is 8.42 Å². The monoisotopic (exact) mass is 398 g/mol. The van der Waals surface area contributed by atoms with Crippen molar-refractivity contribution in [2.45, 2.75) is 83.0 Å². The van der Waals surface area contributed by atoms with Gasteiger partial charge in [0.25, 0.3) is 0 Å². The molecule has 0 fully saturated rings. The van der Waals surface area contributed by atoms with Crippen molar-refractivity contribution in [1.29, 1.82) is 0 Å². The van der Waals surface area contributed by atoms with E-state index in [-0.39, 0.29) is 34.5 Å². The van der Waals surface area contributed by atoms with E-state index in [9.17, 15) is 13.0 Å². The van der Waals surface area contributed by atoms with Crippen LogP contribution in [0.25, 0.3) is 10.8 Å². The Balaban J connectivity index is 0.00000364. The summed E-state index contributed by atoms with van der Waals surface area (Å²) in [4.78, 5) is -0.0951. The van der Waals surface area contributed by atoms with Crippen LogP contribution in [-0.4, -0.2) is 13.0 Å². The molecule has 5 heteroatoms. The number of aryl methyl sites for hydroxylation is 2. The van der Waals surface area contributed by atoms with Gasteiger partial charge >= 0.3 is 29.6 Å². The molecule has 0 unspecified atom stereocenters. The zero-order valence-corrected chi connectivity index (χ0v) is 19.9. The van der Waals surface area contributed by atoms with E-state index in [1.165, 1.54) is 55.7 Å². The van der Waals surface area contributed by atoms with Gasteiger partial charge in [-0.1, -0.05) is 70.6 Å². The fourth-order valence-corrected chi connectivity index (χ4v) is 4.25. The predicted octanol–water partition coefficient (Wildman–Crippen LogP) is 2.99. The van der Waals surface area contributed by atoms with E-state index < -0.39 is 10.1 Å². The Morgan fingerprint density at radius 2 is 1.37 bits per heavy atom. The van der Waals surface area contributed by atoms with Crippen LogP contribution in [0.1, 0.15) is 76.3 Å². The Labute approximate surface area is 187 Å². The Hall–Kier alpha value is -0.390. The van der Waals surface area contributed by atoms with Crippen molar-refractivity contribution in [3.63, 3.8) is 0 Å². The van der Waals surface area contributed by atoms with E-state index in [1.54, 1.807) is 6.07 Å². The molecule has 2 aromatic rings. The maximum atomic E-state index is 11.6. The van der Waals surface area contributed by atoms with Crippen LogP contribution >= 0.6 is 0 Å². The van der Waals surface area contributed by atoms with Crippen LogP contribution in [-0.2, 0) is 23.0 Å². The van der Waals surface area contributed by atoms with Crippen LogP contribution in [0.3, 0.4) is 0 Å². The Morgan fingerprint density at radius 3 is 1.89 bits per heavy atom. The first-order chi connectivity index (χ1) is 12.5. The fraction of sp³-hybridized carbons (Fsp3) is 0.545. The second-order valence-corrected chi connectivity index (χ2v) is 8.52. The maximum Gasteiger partial charge on any atom is 1.00 e.